The number of carbonyl (C=O) groups excluding carboxylic acids is 3. The third kappa shape index (κ3) is 7.97. The van der Waals surface area contributed by atoms with Gasteiger partial charge in [0.25, 0.3) is 5.91 Å². The first-order valence-electron chi connectivity index (χ1n) is 12.0. The van der Waals surface area contributed by atoms with Gasteiger partial charge in [-0.15, -0.1) is 0 Å². The third-order valence-corrected chi connectivity index (χ3v) is 5.77. The number of rotatable bonds is 10. The SMILES string of the molecule is CC(=O)OCc1ccc(O[C@@H]2O[C@H](C(=O)O)[C@@H](O)[C@H](O)[C@H]2O)c(NC(=O)CCNC(=O)c2ccc(C)cc2)c1. The molecule has 1 heterocycles. The zero-order chi connectivity index (χ0) is 28.7. The Balaban J connectivity index is 1.71. The monoisotopic (exact) mass is 546 g/mol. The van der Waals surface area contributed by atoms with E-state index < -0.39 is 48.6 Å². The molecule has 0 spiro atoms. The summed E-state index contributed by atoms with van der Waals surface area (Å²) in [7, 11) is 0. The molecule has 1 aliphatic rings. The fourth-order valence-corrected chi connectivity index (χ4v) is 3.64. The number of hydrogen-bond donors (Lipinski definition) is 6. The van der Waals surface area contributed by atoms with Crippen LogP contribution in [-0.2, 0) is 30.5 Å². The van der Waals surface area contributed by atoms with Crippen LogP contribution in [0.25, 0.3) is 0 Å². The molecule has 1 aliphatic heterocycles. The molecule has 0 aliphatic carbocycles. The van der Waals surface area contributed by atoms with Crippen LogP contribution >= 0.6 is 0 Å². The Morgan fingerprint density at radius 1 is 0.974 bits per heavy atom. The quantitative estimate of drug-likeness (QED) is 0.221. The van der Waals surface area contributed by atoms with Crippen molar-refractivity contribution in [2.75, 3.05) is 11.9 Å². The number of amides is 2. The molecule has 3 rings (SSSR count). The fraction of sp³-hybridized carbons (Fsp3) is 0.385. The first-order chi connectivity index (χ1) is 18.5. The third-order valence-electron chi connectivity index (χ3n) is 5.77. The highest BCUT2D eigenvalue weighted by atomic mass is 16.7. The fourth-order valence-electron chi connectivity index (χ4n) is 3.64. The summed E-state index contributed by atoms with van der Waals surface area (Å²) in [5, 5.41) is 44.7. The van der Waals surface area contributed by atoms with Crippen molar-refractivity contribution in [2.45, 2.75) is 57.6 Å². The van der Waals surface area contributed by atoms with Gasteiger partial charge in [-0.05, 0) is 36.8 Å². The molecule has 0 unspecified atom stereocenters. The first kappa shape index (κ1) is 29.5. The molecule has 2 aromatic carbocycles. The number of anilines is 1. The van der Waals surface area contributed by atoms with Gasteiger partial charge < -0.3 is 45.3 Å². The maximum atomic E-state index is 12.7. The van der Waals surface area contributed by atoms with Gasteiger partial charge in [0.05, 0.1) is 5.69 Å². The van der Waals surface area contributed by atoms with Crippen LogP contribution in [0.5, 0.6) is 5.75 Å². The minimum Gasteiger partial charge on any atom is -0.479 e. The zero-order valence-electron chi connectivity index (χ0n) is 21.2. The first-order valence-corrected chi connectivity index (χ1v) is 12.0. The summed E-state index contributed by atoms with van der Waals surface area (Å²) in [6, 6.07) is 11.2. The van der Waals surface area contributed by atoms with Gasteiger partial charge in [-0.2, -0.15) is 0 Å². The van der Waals surface area contributed by atoms with E-state index in [2.05, 4.69) is 10.6 Å². The average Bonchev–Trinajstić information content (AvgIpc) is 2.88. The van der Waals surface area contributed by atoms with Gasteiger partial charge in [-0.25, -0.2) is 4.79 Å². The van der Waals surface area contributed by atoms with Gasteiger partial charge in [0, 0.05) is 25.5 Å². The molecule has 2 amide bonds. The van der Waals surface area contributed by atoms with Crippen LogP contribution in [0.4, 0.5) is 5.69 Å². The highest BCUT2D eigenvalue weighted by molar-refractivity contribution is 5.95. The summed E-state index contributed by atoms with van der Waals surface area (Å²) in [6.45, 7) is 3.00. The van der Waals surface area contributed by atoms with Crippen molar-refractivity contribution in [3.63, 3.8) is 0 Å². The summed E-state index contributed by atoms with van der Waals surface area (Å²) in [5.74, 6) is -3.07. The minimum atomic E-state index is -1.90. The van der Waals surface area contributed by atoms with Crippen molar-refractivity contribution in [1.29, 1.82) is 0 Å². The molecule has 0 bridgehead atoms. The van der Waals surface area contributed by atoms with E-state index in [-0.39, 0.29) is 36.9 Å². The van der Waals surface area contributed by atoms with Crippen LogP contribution in [0.1, 0.15) is 34.8 Å². The van der Waals surface area contributed by atoms with Gasteiger partial charge >= 0.3 is 11.9 Å². The van der Waals surface area contributed by atoms with Gasteiger partial charge in [0.2, 0.25) is 12.2 Å². The van der Waals surface area contributed by atoms with E-state index in [0.29, 0.717) is 11.1 Å². The smallest absolute Gasteiger partial charge is 0.335 e. The van der Waals surface area contributed by atoms with E-state index in [1.54, 1.807) is 24.3 Å². The van der Waals surface area contributed by atoms with Crippen LogP contribution in [0.2, 0.25) is 0 Å². The van der Waals surface area contributed by atoms with E-state index in [9.17, 15) is 39.6 Å². The standard InChI is InChI=1S/C26H30N2O11/c1-13-3-6-16(7-4-13)24(34)27-10-9-19(30)28-17-11-15(12-37-14(2)29)5-8-18(17)38-26-22(33)20(31)21(32)23(39-26)25(35)36/h3-8,11,20-23,26,31-33H,9-10,12H2,1-2H3,(H,27,34)(H,28,30)(H,35,36)/t20-,21-,22+,23-,26+/m0/s1. The molecule has 13 heteroatoms. The van der Waals surface area contributed by atoms with Crippen molar-refractivity contribution >= 4 is 29.4 Å². The number of nitrogens with one attached hydrogen (secondary N) is 2. The van der Waals surface area contributed by atoms with Gasteiger partial charge in [0.1, 0.15) is 30.7 Å². The molecule has 5 atom stereocenters. The minimum absolute atomic E-state index is 0.0106. The van der Waals surface area contributed by atoms with Crippen LogP contribution in [-0.4, -0.2) is 81.4 Å². The number of esters is 1. The highest BCUT2D eigenvalue weighted by Gasteiger charge is 2.48. The summed E-state index contributed by atoms with van der Waals surface area (Å²) in [5.41, 5.74) is 1.95. The summed E-state index contributed by atoms with van der Waals surface area (Å²) in [4.78, 5) is 47.5. The molecule has 6 N–H and O–H groups in total. The molecule has 0 aromatic heterocycles. The lowest BCUT2D eigenvalue weighted by molar-refractivity contribution is -0.271. The number of ether oxygens (including phenoxy) is 3. The Morgan fingerprint density at radius 3 is 2.31 bits per heavy atom. The van der Waals surface area contributed by atoms with Gasteiger partial charge in [0.15, 0.2) is 6.10 Å². The maximum absolute atomic E-state index is 12.7. The van der Waals surface area contributed by atoms with E-state index >= 15 is 0 Å². The predicted molar refractivity (Wildman–Crippen MR) is 134 cm³/mol. The van der Waals surface area contributed by atoms with Crippen LogP contribution in [0.3, 0.4) is 0 Å². The molecular weight excluding hydrogens is 516 g/mol. The summed E-state index contributed by atoms with van der Waals surface area (Å²) in [6.07, 6.45) is -9.34. The molecule has 39 heavy (non-hydrogen) atoms. The Labute approximate surface area is 223 Å². The van der Waals surface area contributed by atoms with Crippen molar-refractivity contribution in [1.82, 2.24) is 5.32 Å². The molecule has 2 aromatic rings. The van der Waals surface area contributed by atoms with E-state index in [1.165, 1.54) is 25.1 Å². The molecule has 1 saturated heterocycles. The second-order valence-corrected chi connectivity index (χ2v) is 8.88. The van der Waals surface area contributed by atoms with E-state index in [4.69, 9.17) is 14.2 Å². The number of carboxylic acid groups (broad SMARTS) is 1. The van der Waals surface area contributed by atoms with Crippen LogP contribution in [0.15, 0.2) is 42.5 Å². The Bertz CT molecular complexity index is 1200. The molecule has 210 valence electrons. The summed E-state index contributed by atoms with van der Waals surface area (Å²) < 4.78 is 15.7. The normalized spacial score (nSPS) is 22.4. The van der Waals surface area contributed by atoms with Crippen molar-refractivity contribution in [3.8, 4) is 5.75 Å². The Kier molecular flexibility index (Phi) is 9.95. The number of aliphatic hydroxyl groups excluding tert-OH is 3. The molecule has 1 fully saturated rings. The van der Waals surface area contributed by atoms with Gasteiger partial charge in [-0.1, -0.05) is 23.8 Å². The average molecular weight is 547 g/mol. The Morgan fingerprint density at radius 2 is 1.67 bits per heavy atom. The van der Waals surface area contributed by atoms with Crippen molar-refractivity contribution < 1.29 is 53.8 Å². The second-order valence-electron chi connectivity index (χ2n) is 8.88. The number of carboxylic acids is 1. The molecule has 0 saturated carbocycles. The second kappa shape index (κ2) is 13.2. The topological polar surface area (TPSA) is 201 Å². The largest absolute Gasteiger partial charge is 0.479 e. The van der Waals surface area contributed by atoms with Crippen LogP contribution < -0.4 is 15.4 Å². The Hall–Kier alpha value is -4.04. The predicted octanol–water partition coefficient (Wildman–Crippen LogP) is 0.0877. The molecule has 0 radical (unpaired) electrons. The number of benzene rings is 2. The molecular formula is C26H30N2O11. The lowest BCUT2D eigenvalue weighted by Gasteiger charge is -2.38. The van der Waals surface area contributed by atoms with Crippen molar-refractivity contribution in [3.05, 3.63) is 59.2 Å². The number of aliphatic hydroxyl groups is 3. The van der Waals surface area contributed by atoms with Gasteiger partial charge in [-0.3, -0.25) is 14.4 Å². The van der Waals surface area contributed by atoms with E-state index in [0.717, 1.165) is 5.56 Å². The number of hydrogen-bond acceptors (Lipinski definition) is 10. The lowest BCUT2D eigenvalue weighted by Crippen LogP contribution is -2.61. The number of carbonyl (C=O) groups is 4. The lowest BCUT2D eigenvalue weighted by atomic mass is 9.99. The maximum Gasteiger partial charge on any atom is 0.335 e. The zero-order valence-corrected chi connectivity index (χ0v) is 21.2. The molecule has 13 nitrogen and oxygen atoms in total. The van der Waals surface area contributed by atoms with E-state index in [1.807, 2.05) is 6.92 Å². The number of aryl methyl sites for hydroxylation is 1. The highest BCUT2D eigenvalue weighted by Crippen LogP contribution is 2.31. The summed E-state index contributed by atoms with van der Waals surface area (Å²) >= 11 is 0. The van der Waals surface area contributed by atoms with Crippen LogP contribution in [0, 0.1) is 6.92 Å². The number of aliphatic carboxylic acids is 1. The van der Waals surface area contributed by atoms with Crippen molar-refractivity contribution in [2.24, 2.45) is 0 Å².